The average Bonchev–Trinajstić information content (AvgIpc) is 3.35. The molecule has 4 aromatic carbocycles. The Morgan fingerprint density at radius 1 is 0.582 bits per heavy atom. The number of hydrogen-bond acceptors (Lipinski definition) is 13. The van der Waals surface area contributed by atoms with Crippen molar-refractivity contribution in [2.45, 2.75) is 44.2 Å². The minimum absolute atomic E-state index is 0.0435. The molecular weight excluding hydrogens is 861 g/mol. The van der Waals surface area contributed by atoms with E-state index >= 15 is 0 Å². The quantitative estimate of drug-likeness (QED) is 0.0237. The zero-order chi connectivity index (χ0) is 48.3. The van der Waals surface area contributed by atoms with E-state index in [0.717, 1.165) is 54.5 Å². The van der Waals surface area contributed by atoms with E-state index in [2.05, 4.69) is 44.1 Å². The van der Waals surface area contributed by atoms with Crippen molar-refractivity contribution in [3.63, 3.8) is 0 Å². The Bertz CT molecular complexity index is 2500. The van der Waals surface area contributed by atoms with Gasteiger partial charge in [-0.25, -0.2) is 9.59 Å². The van der Waals surface area contributed by atoms with Gasteiger partial charge in [0.15, 0.2) is 52.3 Å². The van der Waals surface area contributed by atoms with Crippen molar-refractivity contribution < 1.29 is 70.7 Å². The molecule has 0 aromatic heterocycles. The lowest BCUT2D eigenvalue weighted by molar-refractivity contribution is -0.941. The van der Waals surface area contributed by atoms with Crippen molar-refractivity contribution in [1.82, 2.24) is 0 Å². The standard InChI is InChI=1S/C52H64N2O13/c1-53(21-17-35-28-44(60-5)46(62-7)31-39(35)41(53)25-34-13-14-42(58-3)43(26-34)59-4)19-11-23-66-49(56)15-16-50(57)67-24-12-20-54(2)22-18-36-29-45(61-6)47(63-8)32-40(36)51(54)37-27-38(33-55)52(65-10)48(30-37)64-9/h13-14,26-33,41,51H,11-12,17-25H2,1-10H3/q+2. The van der Waals surface area contributed by atoms with E-state index in [9.17, 15) is 14.4 Å². The number of nitrogens with zero attached hydrogens (tertiary/aromatic N) is 2. The molecule has 2 aliphatic rings. The lowest BCUT2D eigenvalue weighted by Crippen LogP contribution is -2.52. The summed E-state index contributed by atoms with van der Waals surface area (Å²) in [4.78, 5) is 37.8. The van der Waals surface area contributed by atoms with Crippen LogP contribution >= 0.6 is 0 Å². The van der Waals surface area contributed by atoms with E-state index in [1.165, 1.54) is 25.3 Å². The molecule has 0 N–H and O–H groups in total. The monoisotopic (exact) mass is 924 g/mol. The third-order valence-corrected chi connectivity index (χ3v) is 13.3. The second kappa shape index (κ2) is 22.2. The first-order valence-electron chi connectivity index (χ1n) is 22.3. The molecule has 15 nitrogen and oxygen atoms in total. The van der Waals surface area contributed by atoms with Crippen LogP contribution in [0.3, 0.4) is 0 Å². The maximum Gasteiger partial charge on any atom is 0.384 e. The fraction of sp³-hybridized carbons (Fsp3) is 0.442. The summed E-state index contributed by atoms with van der Waals surface area (Å²) in [7, 11) is 17.1. The Morgan fingerprint density at radius 2 is 1.07 bits per heavy atom. The highest BCUT2D eigenvalue weighted by molar-refractivity contribution is 5.98. The van der Waals surface area contributed by atoms with Crippen LogP contribution in [0.2, 0.25) is 0 Å². The first-order valence-corrected chi connectivity index (χ1v) is 22.3. The van der Waals surface area contributed by atoms with Gasteiger partial charge in [0.25, 0.3) is 0 Å². The summed E-state index contributed by atoms with van der Waals surface area (Å²) in [6.45, 7) is 3.12. The zero-order valence-electron chi connectivity index (χ0n) is 40.4. The average molecular weight is 925 g/mol. The second-order valence-electron chi connectivity index (χ2n) is 17.2. The summed E-state index contributed by atoms with van der Waals surface area (Å²) < 4.78 is 57.2. The number of hydrogen-bond donors (Lipinski definition) is 0. The largest absolute Gasteiger partial charge is 0.493 e. The Morgan fingerprint density at radius 3 is 1.61 bits per heavy atom. The SMILES string of the molecule is COc1ccc(CC2c3cc(OC)c(OC)cc3CC[N+]2(C)CCCOC(=O)C#CC(=O)OCCC[N+]2(C)CCc3cc(OC)c(OC)cc3C2c2cc(C=O)c(OC)c(OC)c2)cc1OC. The van der Waals surface area contributed by atoms with E-state index in [1.54, 1.807) is 42.7 Å². The first-order chi connectivity index (χ1) is 32.3. The molecule has 2 aliphatic heterocycles. The van der Waals surface area contributed by atoms with Gasteiger partial charge in [-0.15, -0.1) is 0 Å². The van der Waals surface area contributed by atoms with E-state index in [0.29, 0.717) is 92.9 Å². The van der Waals surface area contributed by atoms with Gasteiger partial charge in [-0.2, -0.15) is 0 Å². The number of ether oxygens (including phenoxy) is 10. The summed E-state index contributed by atoms with van der Waals surface area (Å²) in [5, 5.41) is 0. The van der Waals surface area contributed by atoms with Gasteiger partial charge in [-0.3, -0.25) is 4.79 Å². The summed E-state index contributed by atoms with van der Waals surface area (Å²) >= 11 is 0. The van der Waals surface area contributed by atoms with Crippen LogP contribution < -0.4 is 37.9 Å². The topological polar surface area (TPSA) is 144 Å². The molecule has 0 aliphatic carbocycles. The number of carbonyl (C=O) groups is 3. The summed E-state index contributed by atoms with van der Waals surface area (Å²) in [6, 6.07) is 17.7. The maximum atomic E-state index is 12.8. The van der Waals surface area contributed by atoms with Crippen molar-refractivity contribution in [2.75, 3.05) is 110 Å². The van der Waals surface area contributed by atoms with Gasteiger partial charge in [0.1, 0.15) is 12.1 Å². The van der Waals surface area contributed by atoms with Gasteiger partial charge < -0.3 is 56.3 Å². The highest BCUT2D eigenvalue weighted by Gasteiger charge is 2.42. The number of fused-ring (bicyclic) bond motifs is 2. The number of likely N-dealkylation sites (N-methyl/N-ethyl adjacent to an activating group) is 2. The lowest BCUT2D eigenvalue weighted by Gasteiger charge is -2.46. The first kappa shape index (κ1) is 49.8. The molecule has 6 rings (SSSR count). The molecule has 2 heterocycles. The summed E-state index contributed by atoms with van der Waals surface area (Å²) in [6.07, 6.45) is 4.12. The lowest BCUT2D eigenvalue weighted by atomic mass is 9.85. The predicted octanol–water partition coefficient (Wildman–Crippen LogP) is 6.52. The molecule has 0 spiro atoms. The van der Waals surface area contributed by atoms with Crippen LogP contribution in [0.5, 0.6) is 46.0 Å². The number of methoxy groups -OCH3 is 8. The number of aldehydes is 1. The molecule has 67 heavy (non-hydrogen) atoms. The summed E-state index contributed by atoms with van der Waals surface area (Å²) in [5.41, 5.74) is 6.80. The molecule has 0 saturated carbocycles. The van der Waals surface area contributed by atoms with Crippen LogP contribution in [-0.4, -0.2) is 138 Å². The third-order valence-electron chi connectivity index (χ3n) is 13.3. The van der Waals surface area contributed by atoms with Crippen LogP contribution in [0.4, 0.5) is 0 Å². The molecule has 0 fully saturated rings. The van der Waals surface area contributed by atoms with Crippen LogP contribution in [0.1, 0.15) is 68.7 Å². The molecule has 0 saturated heterocycles. The van der Waals surface area contributed by atoms with Gasteiger partial charge in [-0.1, -0.05) is 6.07 Å². The van der Waals surface area contributed by atoms with Crippen molar-refractivity contribution in [2.24, 2.45) is 0 Å². The number of benzene rings is 4. The predicted molar refractivity (Wildman–Crippen MR) is 250 cm³/mol. The van der Waals surface area contributed by atoms with Gasteiger partial charge in [-0.05, 0) is 65.2 Å². The van der Waals surface area contributed by atoms with Crippen molar-refractivity contribution in [3.8, 4) is 57.8 Å². The zero-order valence-corrected chi connectivity index (χ0v) is 40.4. The summed E-state index contributed by atoms with van der Waals surface area (Å²) in [5.74, 6) is 7.68. The molecule has 4 aromatic rings. The highest BCUT2D eigenvalue weighted by Crippen LogP contribution is 2.47. The van der Waals surface area contributed by atoms with Crippen LogP contribution in [-0.2, 0) is 38.3 Å². The Kier molecular flexibility index (Phi) is 16.5. The van der Waals surface area contributed by atoms with Gasteiger partial charge >= 0.3 is 11.9 Å². The van der Waals surface area contributed by atoms with Crippen molar-refractivity contribution in [1.29, 1.82) is 0 Å². The van der Waals surface area contributed by atoms with Gasteiger partial charge in [0.05, 0.1) is 116 Å². The molecule has 0 amide bonds. The molecular formula is C52H64N2O13+2. The number of rotatable bonds is 20. The number of carbonyl (C=O) groups excluding carboxylic acids is 3. The number of quaternary nitrogens is 2. The molecule has 4 unspecified atom stereocenters. The Balaban J connectivity index is 1.08. The van der Waals surface area contributed by atoms with Crippen molar-refractivity contribution in [3.05, 3.63) is 93.5 Å². The molecule has 0 radical (unpaired) electrons. The molecule has 15 heteroatoms. The van der Waals surface area contributed by atoms with Gasteiger partial charge in [0, 0.05) is 60.6 Å². The van der Waals surface area contributed by atoms with Crippen LogP contribution in [0.15, 0.2) is 54.6 Å². The molecule has 4 atom stereocenters. The van der Waals surface area contributed by atoms with Crippen molar-refractivity contribution >= 4 is 18.2 Å². The van der Waals surface area contributed by atoms with E-state index in [1.807, 2.05) is 36.4 Å². The van der Waals surface area contributed by atoms with E-state index in [-0.39, 0.29) is 25.3 Å². The fourth-order valence-electron chi connectivity index (χ4n) is 9.81. The molecule has 358 valence electrons. The highest BCUT2D eigenvalue weighted by atomic mass is 16.5. The van der Waals surface area contributed by atoms with Gasteiger partial charge in [0.2, 0.25) is 0 Å². The Hall–Kier alpha value is -6.63. The Labute approximate surface area is 393 Å². The minimum Gasteiger partial charge on any atom is -0.493 e. The van der Waals surface area contributed by atoms with E-state index in [4.69, 9.17) is 47.4 Å². The number of esters is 2. The second-order valence-corrected chi connectivity index (χ2v) is 17.2. The third kappa shape index (κ3) is 11.0. The fourth-order valence-corrected chi connectivity index (χ4v) is 9.81. The van der Waals surface area contributed by atoms with Crippen LogP contribution in [0, 0.1) is 11.8 Å². The van der Waals surface area contributed by atoms with E-state index < -0.39 is 11.9 Å². The maximum absolute atomic E-state index is 12.8. The normalized spacial score (nSPS) is 19.3. The van der Waals surface area contributed by atoms with Crippen LogP contribution in [0.25, 0.3) is 0 Å². The molecule has 0 bridgehead atoms. The smallest absolute Gasteiger partial charge is 0.384 e. The minimum atomic E-state index is -0.817.